The quantitative estimate of drug-likeness (QED) is 0.858. The van der Waals surface area contributed by atoms with Gasteiger partial charge in [0.25, 0.3) is 0 Å². The molecule has 0 saturated carbocycles. The molecule has 2 heterocycles. The molecule has 1 aromatic heterocycles. The van der Waals surface area contributed by atoms with E-state index in [1.54, 1.807) is 0 Å². The lowest BCUT2D eigenvalue weighted by molar-refractivity contribution is 0.0956. The van der Waals surface area contributed by atoms with Crippen LogP contribution in [0.4, 0.5) is 8.78 Å². The molecule has 0 radical (unpaired) electrons. The van der Waals surface area contributed by atoms with E-state index in [-0.39, 0.29) is 17.2 Å². The summed E-state index contributed by atoms with van der Waals surface area (Å²) in [6, 6.07) is 1.67. The molecule has 2 aromatic rings. The van der Waals surface area contributed by atoms with Gasteiger partial charge in [-0.15, -0.1) is 0 Å². The summed E-state index contributed by atoms with van der Waals surface area (Å²) in [5, 5.41) is 3.19. The summed E-state index contributed by atoms with van der Waals surface area (Å²) < 4.78 is 38.6. The van der Waals surface area contributed by atoms with Crippen molar-refractivity contribution in [3.63, 3.8) is 0 Å². The number of nitrogens with one attached hydrogen (secondary N) is 1. The summed E-state index contributed by atoms with van der Waals surface area (Å²) in [5.41, 5.74) is -0.134. The normalized spacial score (nSPS) is 18.8. The lowest BCUT2D eigenvalue weighted by atomic mass is 10.0. The molecule has 1 aliphatic rings. The Morgan fingerprint density at radius 2 is 2.30 bits per heavy atom. The molecule has 7 heteroatoms. The van der Waals surface area contributed by atoms with Crippen LogP contribution in [0.15, 0.2) is 29.0 Å². The van der Waals surface area contributed by atoms with Crippen molar-refractivity contribution in [2.24, 2.45) is 5.92 Å². The standard InChI is InChI=1S/C16H16F2N2O3/c1-9(21)12-6-11(17)7-13(18)15(12)23-14(10-2-3-19-8-10)16-20-4-5-22-16/h4-7,10,14,19H,2-3,8H2,1H3/t10-,14+/m1/s1. The maximum absolute atomic E-state index is 14.2. The number of benzene rings is 1. The van der Waals surface area contributed by atoms with Gasteiger partial charge in [-0.1, -0.05) is 0 Å². The van der Waals surface area contributed by atoms with E-state index in [2.05, 4.69) is 10.3 Å². The van der Waals surface area contributed by atoms with Gasteiger partial charge in [-0.05, 0) is 26.0 Å². The third-order valence-corrected chi connectivity index (χ3v) is 3.85. The summed E-state index contributed by atoms with van der Waals surface area (Å²) >= 11 is 0. The SMILES string of the molecule is CC(=O)c1cc(F)cc(F)c1O[C@H](c1ncco1)[C@@H]1CCNC1. The number of nitrogens with zero attached hydrogens (tertiary/aromatic N) is 1. The van der Waals surface area contributed by atoms with Crippen molar-refractivity contribution in [3.8, 4) is 5.75 Å². The van der Waals surface area contributed by atoms with Crippen LogP contribution in [0.25, 0.3) is 0 Å². The van der Waals surface area contributed by atoms with Crippen molar-refractivity contribution in [2.75, 3.05) is 13.1 Å². The number of ether oxygens (including phenoxy) is 1. The Labute approximate surface area is 131 Å². The minimum absolute atomic E-state index is 0.0120. The summed E-state index contributed by atoms with van der Waals surface area (Å²) in [5.74, 6) is -2.18. The fourth-order valence-corrected chi connectivity index (χ4v) is 2.73. The smallest absolute Gasteiger partial charge is 0.235 e. The number of hydrogen-bond acceptors (Lipinski definition) is 5. The van der Waals surface area contributed by atoms with E-state index in [1.165, 1.54) is 19.4 Å². The largest absolute Gasteiger partial charge is 0.476 e. The predicted octanol–water partition coefficient (Wildman–Crippen LogP) is 2.89. The van der Waals surface area contributed by atoms with Crippen molar-refractivity contribution in [1.82, 2.24) is 10.3 Å². The Hall–Kier alpha value is -2.28. The average Bonchev–Trinajstić information content (AvgIpc) is 3.19. The number of ketones is 1. The Morgan fingerprint density at radius 3 is 2.91 bits per heavy atom. The molecule has 2 atom stereocenters. The number of hydrogen-bond donors (Lipinski definition) is 1. The highest BCUT2D eigenvalue weighted by Crippen LogP contribution is 2.35. The zero-order valence-corrected chi connectivity index (χ0v) is 12.5. The van der Waals surface area contributed by atoms with Gasteiger partial charge in [-0.3, -0.25) is 4.79 Å². The monoisotopic (exact) mass is 322 g/mol. The van der Waals surface area contributed by atoms with Crippen LogP contribution in [0.5, 0.6) is 5.75 Å². The van der Waals surface area contributed by atoms with Gasteiger partial charge >= 0.3 is 0 Å². The van der Waals surface area contributed by atoms with E-state index >= 15 is 0 Å². The summed E-state index contributed by atoms with van der Waals surface area (Å²) in [6.07, 6.45) is 3.02. The molecular weight excluding hydrogens is 306 g/mol. The number of rotatable bonds is 5. The van der Waals surface area contributed by atoms with Crippen molar-refractivity contribution < 1.29 is 22.7 Å². The van der Waals surface area contributed by atoms with Gasteiger partial charge in [-0.25, -0.2) is 13.8 Å². The molecule has 0 unspecified atom stereocenters. The highest BCUT2D eigenvalue weighted by molar-refractivity contribution is 5.96. The van der Waals surface area contributed by atoms with Crippen molar-refractivity contribution in [1.29, 1.82) is 0 Å². The maximum atomic E-state index is 14.2. The van der Waals surface area contributed by atoms with Gasteiger partial charge in [0.05, 0.1) is 11.8 Å². The van der Waals surface area contributed by atoms with Crippen LogP contribution >= 0.6 is 0 Å². The fourth-order valence-electron chi connectivity index (χ4n) is 2.73. The molecule has 1 aliphatic heterocycles. The van der Waals surface area contributed by atoms with Crippen LogP contribution in [0.1, 0.15) is 35.7 Å². The molecule has 0 spiro atoms. The van der Waals surface area contributed by atoms with Crippen LogP contribution in [0.3, 0.4) is 0 Å². The summed E-state index contributed by atoms with van der Waals surface area (Å²) in [4.78, 5) is 15.8. The second-order valence-electron chi connectivity index (χ2n) is 5.48. The molecule has 1 N–H and O–H groups in total. The van der Waals surface area contributed by atoms with Crippen molar-refractivity contribution in [2.45, 2.75) is 19.4 Å². The molecule has 0 aliphatic carbocycles. The minimum Gasteiger partial charge on any atom is -0.476 e. The van der Waals surface area contributed by atoms with Gasteiger partial charge in [0.1, 0.15) is 12.1 Å². The third-order valence-electron chi connectivity index (χ3n) is 3.85. The van der Waals surface area contributed by atoms with E-state index in [1.807, 2.05) is 0 Å². The van der Waals surface area contributed by atoms with E-state index < -0.39 is 23.5 Å². The number of carbonyl (C=O) groups excluding carboxylic acids is 1. The van der Waals surface area contributed by atoms with Crippen molar-refractivity contribution >= 4 is 5.78 Å². The fraction of sp³-hybridized carbons (Fsp3) is 0.375. The highest BCUT2D eigenvalue weighted by Gasteiger charge is 2.33. The Balaban J connectivity index is 1.98. The molecule has 5 nitrogen and oxygen atoms in total. The highest BCUT2D eigenvalue weighted by atomic mass is 19.1. The third kappa shape index (κ3) is 3.24. The molecule has 0 bridgehead atoms. The summed E-state index contributed by atoms with van der Waals surface area (Å²) in [7, 11) is 0. The Morgan fingerprint density at radius 1 is 1.48 bits per heavy atom. The first-order valence-corrected chi connectivity index (χ1v) is 7.33. The van der Waals surface area contributed by atoms with Crippen LogP contribution in [0.2, 0.25) is 0 Å². The van der Waals surface area contributed by atoms with Crippen LogP contribution < -0.4 is 10.1 Å². The molecule has 0 amide bonds. The van der Waals surface area contributed by atoms with Gasteiger partial charge in [0.15, 0.2) is 23.5 Å². The Kier molecular flexibility index (Phi) is 4.38. The number of Topliss-reactive ketones (excluding diaryl/α,β-unsaturated/α-hetero) is 1. The zero-order valence-electron chi connectivity index (χ0n) is 12.5. The first-order chi connectivity index (χ1) is 11.1. The number of halogens is 2. The minimum atomic E-state index is -0.919. The lowest BCUT2D eigenvalue weighted by Gasteiger charge is -2.23. The van der Waals surface area contributed by atoms with E-state index in [4.69, 9.17) is 9.15 Å². The number of aromatic nitrogens is 1. The Bertz CT molecular complexity index is 698. The van der Waals surface area contributed by atoms with Crippen LogP contribution in [0, 0.1) is 17.6 Å². The molecule has 1 aromatic carbocycles. The zero-order chi connectivity index (χ0) is 16.4. The van der Waals surface area contributed by atoms with E-state index in [0.717, 1.165) is 19.0 Å². The number of oxazole rings is 1. The molecule has 1 saturated heterocycles. The molecule has 1 fully saturated rings. The van der Waals surface area contributed by atoms with Gasteiger partial charge in [0.2, 0.25) is 5.89 Å². The van der Waals surface area contributed by atoms with E-state index in [0.29, 0.717) is 18.5 Å². The van der Waals surface area contributed by atoms with Gasteiger partial charge in [0, 0.05) is 18.5 Å². The van der Waals surface area contributed by atoms with Crippen molar-refractivity contribution in [3.05, 3.63) is 47.7 Å². The maximum Gasteiger partial charge on any atom is 0.235 e. The van der Waals surface area contributed by atoms with Crippen LogP contribution in [-0.2, 0) is 0 Å². The topological polar surface area (TPSA) is 64.4 Å². The molecule has 122 valence electrons. The first-order valence-electron chi connectivity index (χ1n) is 7.33. The van der Waals surface area contributed by atoms with E-state index in [9.17, 15) is 13.6 Å². The predicted molar refractivity (Wildman–Crippen MR) is 77.2 cm³/mol. The molecule has 3 rings (SSSR count). The lowest BCUT2D eigenvalue weighted by Crippen LogP contribution is -2.23. The first kappa shape index (κ1) is 15.6. The average molecular weight is 322 g/mol. The van der Waals surface area contributed by atoms with Gasteiger partial charge < -0.3 is 14.5 Å². The second kappa shape index (κ2) is 6.45. The molecular formula is C16H16F2N2O3. The van der Waals surface area contributed by atoms with Gasteiger partial charge in [-0.2, -0.15) is 0 Å². The molecule has 23 heavy (non-hydrogen) atoms. The second-order valence-corrected chi connectivity index (χ2v) is 5.48. The summed E-state index contributed by atoms with van der Waals surface area (Å²) in [6.45, 7) is 2.69. The number of carbonyl (C=O) groups is 1. The van der Waals surface area contributed by atoms with Crippen LogP contribution in [-0.4, -0.2) is 23.9 Å².